The highest BCUT2D eigenvalue weighted by Crippen LogP contribution is 2.29. The van der Waals surface area contributed by atoms with Gasteiger partial charge in [0.15, 0.2) is 0 Å². The molecule has 3 heteroatoms. The van der Waals surface area contributed by atoms with Crippen molar-refractivity contribution >= 4 is 33.0 Å². The smallest absolute Gasteiger partial charge is 0.0412 e. The molecule has 1 aliphatic rings. The first kappa shape index (κ1) is 12.5. The Morgan fingerprint density at radius 3 is 2.61 bits per heavy atom. The highest BCUT2D eigenvalue weighted by atomic mass is 35.5. The van der Waals surface area contributed by atoms with Crippen LogP contribution in [0, 0.1) is 0 Å². The molecule has 0 unspecified atom stereocenters. The van der Waals surface area contributed by atoms with Gasteiger partial charge in [-0.25, -0.2) is 0 Å². The van der Waals surface area contributed by atoms with Crippen molar-refractivity contribution in [1.82, 2.24) is 4.90 Å². The second-order valence-electron chi connectivity index (χ2n) is 5.09. The summed E-state index contributed by atoms with van der Waals surface area (Å²) >= 11 is 7.94. The lowest BCUT2D eigenvalue weighted by atomic mass is 10.2. The topological polar surface area (TPSA) is 3.24 Å². The second kappa shape index (κ2) is 5.60. The first-order chi connectivity index (χ1) is 8.81. The third-order valence-corrected chi connectivity index (χ3v) is 4.94. The molecule has 0 atom stereocenters. The number of hydrogen-bond acceptors (Lipinski definition) is 2. The highest BCUT2D eigenvalue weighted by molar-refractivity contribution is 7.19. The summed E-state index contributed by atoms with van der Waals surface area (Å²) in [6, 6.07) is 8.49. The first-order valence-electron chi connectivity index (χ1n) is 6.71. The Balaban J connectivity index is 1.77. The van der Waals surface area contributed by atoms with Gasteiger partial charge in [-0.2, -0.15) is 0 Å². The fraction of sp³-hybridized carbons (Fsp3) is 0.467. The van der Waals surface area contributed by atoms with E-state index in [0.717, 1.165) is 11.6 Å². The molecule has 0 aliphatic carbocycles. The molecule has 0 saturated carbocycles. The van der Waals surface area contributed by atoms with Crippen LogP contribution >= 0.6 is 22.9 Å². The largest absolute Gasteiger partial charge is 0.298 e. The molecular weight excluding hydrogens is 262 g/mol. The van der Waals surface area contributed by atoms with Gasteiger partial charge in [0.1, 0.15) is 0 Å². The summed E-state index contributed by atoms with van der Waals surface area (Å²) in [6.45, 7) is 3.63. The summed E-state index contributed by atoms with van der Waals surface area (Å²) in [5.74, 6) is 0. The van der Waals surface area contributed by atoms with Gasteiger partial charge in [0, 0.05) is 21.1 Å². The Kier molecular flexibility index (Phi) is 3.88. The molecule has 0 spiro atoms. The molecule has 0 N–H and O–H groups in total. The van der Waals surface area contributed by atoms with Crippen LogP contribution in [0.4, 0.5) is 0 Å². The monoisotopic (exact) mass is 279 g/mol. The molecule has 1 saturated heterocycles. The molecule has 18 heavy (non-hydrogen) atoms. The predicted molar refractivity (Wildman–Crippen MR) is 80.6 cm³/mol. The fourth-order valence-corrected chi connectivity index (χ4v) is 3.93. The standard InChI is InChI=1S/C15H18ClNS/c16-13-5-6-15-12(9-13)10-14(18-15)11-17-7-3-1-2-4-8-17/h5-6,9-10H,1-4,7-8,11H2. The lowest BCUT2D eigenvalue weighted by Gasteiger charge is -2.18. The zero-order valence-electron chi connectivity index (χ0n) is 10.5. The quantitative estimate of drug-likeness (QED) is 0.753. The van der Waals surface area contributed by atoms with Crippen LogP contribution in [-0.2, 0) is 6.54 Å². The van der Waals surface area contributed by atoms with Gasteiger partial charge in [0.05, 0.1) is 0 Å². The SMILES string of the molecule is Clc1ccc2sc(CN3CCCCCC3)cc2c1. The summed E-state index contributed by atoms with van der Waals surface area (Å²) in [5, 5.41) is 2.12. The maximum atomic E-state index is 6.04. The number of fused-ring (bicyclic) bond motifs is 1. The third kappa shape index (κ3) is 2.87. The van der Waals surface area contributed by atoms with E-state index in [1.54, 1.807) is 0 Å². The number of nitrogens with zero attached hydrogens (tertiary/aromatic N) is 1. The van der Waals surface area contributed by atoms with Gasteiger partial charge >= 0.3 is 0 Å². The summed E-state index contributed by atoms with van der Waals surface area (Å²) in [7, 11) is 0. The minimum absolute atomic E-state index is 0.835. The second-order valence-corrected chi connectivity index (χ2v) is 6.69. The average molecular weight is 280 g/mol. The molecule has 1 aromatic heterocycles. The van der Waals surface area contributed by atoms with Crippen molar-refractivity contribution in [3.8, 4) is 0 Å². The Morgan fingerprint density at radius 1 is 1.06 bits per heavy atom. The minimum atomic E-state index is 0.835. The third-order valence-electron chi connectivity index (χ3n) is 3.61. The van der Waals surface area contributed by atoms with Crippen LogP contribution in [0.1, 0.15) is 30.6 Å². The maximum absolute atomic E-state index is 6.04. The van der Waals surface area contributed by atoms with E-state index < -0.39 is 0 Å². The van der Waals surface area contributed by atoms with E-state index in [2.05, 4.69) is 23.1 Å². The van der Waals surface area contributed by atoms with Crippen molar-refractivity contribution < 1.29 is 0 Å². The number of halogens is 1. The van der Waals surface area contributed by atoms with Crippen LogP contribution in [0.5, 0.6) is 0 Å². The molecule has 2 heterocycles. The summed E-state index contributed by atoms with van der Waals surface area (Å²) in [4.78, 5) is 4.06. The summed E-state index contributed by atoms with van der Waals surface area (Å²) < 4.78 is 1.35. The zero-order chi connectivity index (χ0) is 12.4. The van der Waals surface area contributed by atoms with E-state index in [9.17, 15) is 0 Å². The number of thiophene rings is 1. The maximum Gasteiger partial charge on any atom is 0.0412 e. The van der Waals surface area contributed by atoms with Crippen molar-refractivity contribution in [2.45, 2.75) is 32.2 Å². The van der Waals surface area contributed by atoms with Crippen molar-refractivity contribution in [2.24, 2.45) is 0 Å². The molecule has 0 amide bonds. The van der Waals surface area contributed by atoms with Crippen molar-refractivity contribution in [1.29, 1.82) is 0 Å². The molecule has 1 nitrogen and oxygen atoms in total. The van der Waals surface area contributed by atoms with E-state index in [0.29, 0.717) is 0 Å². The van der Waals surface area contributed by atoms with Crippen LogP contribution in [0.2, 0.25) is 5.02 Å². The molecule has 3 rings (SSSR count). The predicted octanol–water partition coefficient (Wildman–Crippen LogP) is 4.93. The summed E-state index contributed by atoms with van der Waals surface area (Å²) in [5.41, 5.74) is 0. The number of hydrogen-bond donors (Lipinski definition) is 0. The molecule has 2 aromatic rings. The lowest BCUT2D eigenvalue weighted by Crippen LogP contribution is -2.23. The normalized spacial score (nSPS) is 18.1. The van der Waals surface area contributed by atoms with Crippen LogP contribution in [0.15, 0.2) is 24.3 Å². The first-order valence-corrected chi connectivity index (χ1v) is 7.91. The van der Waals surface area contributed by atoms with Crippen LogP contribution in [-0.4, -0.2) is 18.0 Å². The van der Waals surface area contributed by atoms with Gasteiger partial charge in [-0.15, -0.1) is 11.3 Å². The van der Waals surface area contributed by atoms with Gasteiger partial charge < -0.3 is 0 Å². The van der Waals surface area contributed by atoms with Crippen LogP contribution in [0.25, 0.3) is 10.1 Å². The Morgan fingerprint density at radius 2 is 1.83 bits per heavy atom. The molecule has 0 radical (unpaired) electrons. The minimum Gasteiger partial charge on any atom is -0.298 e. The number of likely N-dealkylation sites (tertiary alicyclic amines) is 1. The molecule has 1 fully saturated rings. The van der Waals surface area contributed by atoms with Gasteiger partial charge in [-0.3, -0.25) is 4.90 Å². The van der Waals surface area contributed by atoms with Gasteiger partial charge in [0.25, 0.3) is 0 Å². The number of rotatable bonds is 2. The molecular formula is C15H18ClNS. The Hall–Kier alpha value is -0.570. The van der Waals surface area contributed by atoms with Crippen molar-refractivity contribution in [3.63, 3.8) is 0 Å². The van der Waals surface area contributed by atoms with Crippen LogP contribution < -0.4 is 0 Å². The summed E-state index contributed by atoms with van der Waals surface area (Å²) in [6.07, 6.45) is 5.52. The highest BCUT2D eigenvalue weighted by Gasteiger charge is 2.11. The Bertz CT molecular complexity index is 526. The van der Waals surface area contributed by atoms with Gasteiger partial charge in [-0.1, -0.05) is 24.4 Å². The van der Waals surface area contributed by atoms with Crippen molar-refractivity contribution in [2.75, 3.05) is 13.1 Å². The van der Waals surface area contributed by atoms with Gasteiger partial charge in [-0.05, 0) is 55.6 Å². The zero-order valence-corrected chi connectivity index (χ0v) is 12.1. The molecule has 1 aliphatic heterocycles. The Labute approximate surface area is 117 Å². The number of benzene rings is 1. The average Bonchev–Trinajstić information content (AvgIpc) is 2.57. The lowest BCUT2D eigenvalue weighted by molar-refractivity contribution is 0.279. The van der Waals surface area contributed by atoms with E-state index in [1.807, 2.05) is 17.4 Å². The molecule has 1 aromatic carbocycles. The fourth-order valence-electron chi connectivity index (χ4n) is 2.66. The van der Waals surface area contributed by atoms with Crippen LogP contribution in [0.3, 0.4) is 0 Å². The molecule has 96 valence electrons. The van der Waals surface area contributed by atoms with E-state index in [1.165, 1.54) is 53.7 Å². The molecule has 0 bridgehead atoms. The van der Waals surface area contributed by atoms with E-state index in [4.69, 9.17) is 11.6 Å². The van der Waals surface area contributed by atoms with E-state index >= 15 is 0 Å². The van der Waals surface area contributed by atoms with Crippen molar-refractivity contribution in [3.05, 3.63) is 34.2 Å². The van der Waals surface area contributed by atoms with E-state index in [-0.39, 0.29) is 0 Å². The van der Waals surface area contributed by atoms with Gasteiger partial charge in [0.2, 0.25) is 0 Å².